The molecule has 0 amide bonds. The van der Waals surface area contributed by atoms with Crippen molar-refractivity contribution in [2.24, 2.45) is 0 Å². The van der Waals surface area contributed by atoms with Gasteiger partial charge in [-0.1, -0.05) is 0 Å². The summed E-state index contributed by atoms with van der Waals surface area (Å²) in [7, 11) is 0. The Balaban J connectivity index is 2.22. The van der Waals surface area contributed by atoms with Crippen molar-refractivity contribution >= 4 is 17.0 Å². The van der Waals surface area contributed by atoms with E-state index in [1.807, 2.05) is 4.57 Å². The van der Waals surface area contributed by atoms with Crippen molar-refractivity contribution < 1.29 is 14.3 Å². The van der Waals surface area contributed by atoms with Gasteiger partial charge in [0.1, 0.15) is 11.2 Å². The third-order valence-corrected chi connectivity index (χ3v) is 3.58. The van der Waals surface area contributed by atoms with Gasteiger partial charge in [0.15, 0.2) is 0 Å². The summed E-state index contributed by atoms with van der Waals surface area (Å²) in [6.45, 7) is 3.16. The third-order valence-electron chi connectivity index (χ3n) is 3.58. The first-order chi connectivity index (χ1) is 10.2. The maximum Gasteiger partial charge on any atom is 0.343 e. The van der Waals surface area contributed by atoms with Gasteiger partial charge in [0.25, 0.3) is 0 Å². The molecule has 0 bridgehead atoms. The molecule has 0 spiro atoms. The fourth-order valence-corrected chi connectivity index (χ4v) is 2.56. The summed E-state index contributed by atoms with van der Waals surface area (Å²) >= 11 is 0. The smallest absolute Gasteiger partial charge is 0.343 e. The van der Waals surface area contributed by atoms with Crippen LogP contribution < -0.4 is 5.43 Å². The second-order valence-corrected chi connectivity index (χ2v) is 4.89. The van der Waals surface area contributed by atoms with Crippen LogP contribution in [0.3, 0.4) is 0 Å². The predicted octanol–water partition coefficient (Wildman–Crippen LogP) is 1.53. The fourth-order valence-electron chi connectivity index (χ4n) is 2.56. The van der Waals surface area contributed by atoms with Crippen LogP contribution in [-0.2, 0) is 9.47 Å². The van der Waals surface area contributed by atoms with Gasteiger partial charge in [-0.15, -0.1) is 0 Å². The van der Waals surface area contributed by atoms with Crippen molar-refractivity contribution in [1.82, 2.24) is 9.55 Å². The second kappa shape index (κ2) is 5.65. The molecule has 1 aliphatic rings. The number of carbonyl (C=O) groups excluding carboxylic acids is 1. The molecule has 3 heterocycles. The maximum atomic E-state index is 12.4. The molecule has 1 fully saturated rings. The van der Waals surface area contributed by atoms with E-state index in [4.69, 9.17) is 9.47 Å². The Morgan fingerprint density at radius 2 is 2.43 bits per heavy atom. The molecular formula is C15H16N2O4. The quantitative estimate of drug-likeness (QED) is 0.801. The fraction of sp³-hybridized carbons (Fsp3) is 0.400. The molecule has 110 valence electrons. The van der Waals surface area contributed by atoms with E-state index in [1.54, 1.807) is 31.5 Å². The zero-order chi connectivity index (χ0) is 14.8. The number of esters is 1. The Kier molecular flexibility index (Phi) is 3.70. The van der Waals surface area contributed by atoms with Gasteiger partial charge in [0.05, 0.1) is 24.6 Å². The van der Waals surface area contributed by atoms with Crippen LogP contribution in [0.15, 0.2) is 29.3 Å². The summed E-state index contributed by atoms with van der Waals surface area (Å²) in [5.41, 5.74) is 0.280. The van der Waals surface area contributed by atoms with Crippen molar-refractivity contribution in [1.29, 1.82) is 0 Å². The number of pyridine rings is 2. The van der Waals surface area contributed by atoms with Gasteiger partial charge in [-0.3, -0.25) is 4.79 Å². The molecule has 6 nitrogen and oxygen atoms in total. The molecule has 1 saturated heterocycles. The van der Waals surface area contributed by atoms with E-state index in [0.717, 1.165) is 6.42 Å². The topological polar surface area (TPSA) is 70.4 Å². The summed E-state index contributed by atoms with van der Waals surface area (Å²) in [6, 6.07) is 3.45. The van der Waals surface area contributed by atoms with E-state index in [-0.39, 0.29) is 23.6 Å². The number of hydrogen-bond acceptors (Lipinski definition) is 5. The molecule has 2 aromatic heterocycles. The molecule has 3 rings (SSSR count). The number of ether oxygens (including phenoxy) is 2. The summed E-state index contributed by atoms with van der Waals surface area (Å²) in [5.74, 6) is -0.596. The lowest BCUT2D eigenvalue weighted by molar-refractivity contribution is 0.0524. The largest absolute Gasteiger partial charge is 0.462 e. The standard InChI is InChI=1S/C15H16N2O4/c1-2-21-15(19)12-8-17(10-5-7-20-9-10)14-11(13(12)18)4-3-6-16-14/h3-4,6,8,10H,2,5,7,9H2,1H3/t10-/m1/s1. The number of hydrogen-bond donors (Lipinski definition) is 0. The molecule has 0 radical (unpaired) electrons. The number of carbonyl (C=O) groups is 1. The summed E-state index contributed by atoms with van der Waals surface area (Å²) in [5, 5.41) is 0.426. The van der Waals surface area contributed by atoms with Crippen molar-refractivity contribution in [3.63, 3.8) is 0 Å². The lowest BCUT2D eigenvalue weighted by Crippen LogP contribution is -2.23. The molecule has 1 aliphatic heterocycles. The Bertz CT molecular complexity index is 732. The van der Waals surface area contributed by atoms with E-state index < -0.39 is 5.97 Å². The molecule has 0 aliphatic carbocycles. The molecule has 0 unspecified atom stereocenters. The van der Waals surface area contributed by atoms with Crippen molar-refractivity contribution in [2.45, 2.75) is 19.4 Å². The lowest BCUT2D eigenvalue weighted by Gasteiger charge is -2.16. The zero-order valence-electron chi connectivity index (χ0n) is 11.7. The lowest BCUT2D eigenvalue weighted by atomic mass is 10.1. The van der Waals surface area contributed by atoms with Gasteiger partial charge < -0.3 is 14.0 Å². The first-order valence-electron chi connectivity index (χ1n) is 6.97. The van der Waals surface area contributed by atoms with Crippen LogP contribution in [0.2, 0.25) is 0 Å². The molecule has 2 aromatic rings. The Morgan fingerprint density at radius 3 is 3.14 bits per heavy atom. The highest BCUT2D eigenvalue weighted by molar-refractivity contribution is 5.93. The third kappa shape index (κ3) is 2.42. The minimum atomic E-state index is -0.596. The van der Waals surface area contributed by atoms with E-state index in [2.05, 4.69) is 4.98 Å². The molecule has 0 saturated carbocycles. The van der Waals surface area contributed by atoms with E-state index in [9.17, 15) is 9.59 Å². The van der Waals surface area contributed by atoms with E-state index in [0.29, 0.717) is 24.2 Å². The monoisotopic (exact) mass is 288 g/mol. The Labute approximate surface area is 121 Å². The van der Waals surface area contributed by atoms with Gasteiger partial charge in [-0.25, -0.2) is 9.78 Å². The van der Waals surface area contributed by atoms with Crippen LogP contribution in [0.4, 0.5) is 0 Å². The van der Waals surface area contributed by atoms with Crippen molar-refractivity contribution in [2.75, 3.05) is 19.8 Å². The molecule has 6 heteroatoms. The average molecular weight is 288 g/mol. The van der Waals surface area contributed by atoms with Crippen molar-refractivity contribution in [3.8, 4) is 0 Å². The summed E-state index contributed by atoms with van der Waals surface area (Å²) < 4.78 is 12.2. The number of rotatable bonds is 3. The Morgan fingerprint density at radius 1 is 1.57 bits per heavy atom. The van der Waals surface area contributed by atoms with Crippen LogP contribution in [0.25, 0.3) is 11.0 Å². The summed E-state index contributed by atoms with van der Waals surface area (Å²) in [4.78, 5) is 28.7. The van der Waals surface area contributed by atoms with Gasteiger partial charge >= 0.3 is 5.97 Å². The van der Waals surface area contributed by atoms with Crippen LogP contribution >= 0.6 is 0 Å². The molecule has 21 heavy (non-hydrogen) atoms. The number of aromatic nitrogens is 2. The highest BCUT2D eigenvalue weighted by Gasteiger charge is 2.23. The highest BCUT2D eigenvalue weighted by atomic mass is 16.5. The molecular weight excluding hydrogens is 272 g/mol. The second-order valence-electron chi connectivity index (χ2n) is 4.89. The minimum absolute atomic E-state index is 0.0456. The molecule has 0 aromatic carbocycles. The highest BCUT2D eigenvalue weighted by Crippen LogP contribution is 2.22. The average Bonchev–Trinajstić information content (AvgIpc) is 3.02. The van der Waals surface area contributed by atoms with Crippen molar-refractivity contribution in [3.05, 3.63) is 40.3 Å². The van der Waals surface area contributed by atoms with Gasteiger partial charge in [0.2, 0.25) is 5.43 Å². The first kappa shape index (κ1) is 13.8. The van der Waals surface area contributed by atoms with Gasteiger partial charge in [0, 0.05) is 19.0 Å². The number of fused-ring (bicyclic) bond motifs is 1. The predicted molar refractivity (Wildman–Crippen MR) is 76.4 cm³/mol. The van der Waals surface area contributed by atoms with Gasteiger partial charge in [-0.2, -0.15) is 0 Å². The number of nitrogens with zero attached hydrogens (tertiary/aromatic N) is 2. The molecule has 0 N–H and O–H groups in total. The first-order valence-corrected chi connectivity index (χ1v) is 6.97. The van der Waals surface area contributed by atoms with E-state index >= 15 is 0 Å². The van der Waals surface area contributed by atoms with Gasteiger partial charge in [-0.05, 0) is 25.5 Å². The van der Waals surface area contributed by atoms with Crippen LogP contribution in [0.5, 0.6) is 0 Å². The zero-order valence-corrected chi connectivity index (χ0v) is 11.7. The van der Waals surface area contributed by atoms with Crippen LogP contribution in [0, 0.1) is 0 Å². The SMILES string of the molecule is CCOC(=O)c1cn([C@@H]2CCOC2)c2ncccc2c1=O. The summed E-state index contributed by atoms with van der Waals surface area (Å²) in [6.07, 6.45) is 4.02. The maximum absolute atomic E-state index is 12.4. The Hall–Kier alpha value is -2.21. The van der Waals surface area contributed by atoms with Crippen LogP contribution in [-0.4, -0.2) is 35.3 Å². The minimum Gasteiger partial charge on any atom is -0.462 e. The van der Waals surface area contributed by atoms with Crippen LogP contribution in [0.1, 0.15) is 29.7 Å². The molecule has 1 atom stereocenters. The normalized spacial score (nSPS) is 18.0. The van der Waals surface area contributed by atoms with E-state index in [1.165, 1.54) is 0 Å².